The van der Waals surface area contributed by atoms with E-state index in [9.17, 15) is 4.79 Å². The van der Waals surface area contributed by atoms with Crippen molar-refractivity contribution in [2.75, 3.05) is 13.1 Å². The van der Waals surface area contributed by atoms with Crippen LogP contribution >= 0.6 is 0 Å². The molecule has 1 saturated heterocycles. The van der Waals surface area contributed by atoms with Crippen LogP contribution in [0.5, 0.6) is 0 Å². The topological polar surface area (TPSA) is 36.1 Å². The smallest absolute Gasteiger partial charge is 0.255 e. The second kappa shape index (κ2) is 4.21. The molecular weight excluding hydrogens is 212 g/mol. The van der Waals surface area contributed by atoms with E-state index < -0.39 is 0 Å². The first-order valence-electron chi connectivity index (χ1n) is 6.67. The number of carbonyl (C=O) groups excluding carboxylic acids is 1. The first-order chi connectivity index (χ1) is 8.24. The third-order valence-corrected chi connectivity index (χ3v) is 4.32. The first kappa shape index (κ1) is 10.9. The van der Waals surface area contributed by atoms with Crippen LogP contribution in [0.1, 0.15) is 41.7 Å². The van der Waals surface area contributed by atoms with E-state index in [2.05, 4.69) is 9.88 Å². The molecule has 1 N–H and O–H groups in total. The summed E-state index contributed by atoms with van der Waals surface area (Å²) in [6.07, 6.45) is 7.18. The summed E-state index contributed by atoms with van der Waals surface area (Å²) in [6, 6.07) is 1.90. The predicted molar refractivity (Wildman–Crippen MR) is 66.9 cm³/mol. The Labute approximate surface area is 102 Å². The molecule has 0 spiro atoms. The number of fused-ring (bicyclic) bond motifs is 2. The van der Waals surface area contributed by atoms with Crippen molar-refractivity contribution in [3.05, 3.63) is 23.5 Å². The average molecular weight is 232 g/mol. The lowest BCUT2D eigenvalue weighted by atomic mass is 9.78. The van der Waals surface area contributed by atoms with Gasteiger partial charge < -0.3 is 9.88 Å². The Morgan fingerprint density at radius 3 is 2.65 bits per heavy atom. The van der Waals surface area contributed by atoms with Crippen LogP contribution in [-0.4, -0.2) is 28.9 Å². The summed E-state index contributed by atoms with van der Waals surface area (Å²) >= 11 is 0. The van der Waals surface area contributed by atoms with Crippen LogP contribution in [0.4, 0.5) is 0 Å². The summed E-state index contributed by atoms with van der Waals surface area (Å²) < 4.78 is 0. The molecule has 3 rings (SSSR count). The van der Waals surface area contributed by atoms with Crippen LogP contribution in [-0.2, 0) is 0 Å². The van der Waals surface area contributed by atoms with Gasteiger partial charge in [0.05, 0.1) is 5.56 Å². The molecule has 2 aliphatic rings. The van der Waals surface area contributed by atoms with Crippen molar-refractivity contribution < 1.29 is 4.79 Å². The highest BCUT2D eigenvalue weighted by molar-refractivity contribution is 5.95. The van der Waals surface area contributed by atoms with Crippen molar-refractivity contribution in [3.63, 3.8) is 0 Å². The molecule has 2 unspecified atom stereocenters. The van der Waals surface area contributed by atoms with Gasteiger partial charge in [0.2, 0.25) is 0 Å². The van der Waals surface area contributed by atoms with Gasteiger partial charge in [0.25, 0.3) is 5.91 Å². The minimum Gasteiger partial charge on any atom is -0.365 e. The number of aromatic nitrogens is 1. The normalized spacial score (nSPS) is 28.2. The third kappa shape index (κ3) is 1.99. The van der Waals surface area contributed by atoms with E-state index in [4.69, 9.17) is 0 Å². The molecule has 1 aliphatic carbocycles. The number of hydrogen-bond donors (Lipinski definition) is 1. The van der Waals surface area contributed by atoms with E-state index in [1.54, 1.807) is 0 Å². The Hall–Kier alpha value is -1.25. The highest BCUT2D eigenvalue weighted by Crippen LogP contribution is 2.34. The number of likely N-dealkylation sites (tertiary alicyclic amines) is 1. The van der Waals surface area contributed by atoms with E-state index in [1.807, 2.05) is 19.2 Å². The maximum atomic E-state index is 12.4. The number of rotatable bonds is 1. The van der Waals surface area contributed by atoms with Gasteiger partial charge in [-0.2, -0.15) is 0 Å². The molecule has 2 heterocycles. The van der Waals surface area contributed by atoms with Crippen LogP contribution in [0.3, 0.4) is 0 Å². The number of carbonyl (C=O) groups is 1. The van der Waals surface area contributed by atoms with E-state index >= 15 is 0 Å². The molecule has 17 heavy (non-hydrogen) atoms. The molecule has 1 saturated carbocycles. The fourth-order valence-electron chi connectivity index (χ4n) is 3.45. The molecule has 1 aromatic heterocycles. The van der Waals surface area contributed by atoms with Gasteiger partial charge in [0.1, 0.15) is 0 Å². The summed E-state index contributed by atoms with van der Waals surface area (Å²) in [5.41, 5.74) is 1.84. The highest BCUT2D eigenvalue weighted by Gasteiger charge is 2.33. The van der Waals surface area contributed by atoms with Crippen molar-refractivity contribution in [3.8, 4) is 0 Å². The SMILES string of the molecule is Cc1[nH]ccc1C(=O)N1CC2CCCC(C2)C1. The van der Waals surface area contributed by atoms with Crippen LogP contribution in [0.15, 0.2) is 12.3 Å². The monoisotopic (exact) mass is 232 g/mol. The first-order valence-corrected chi connectivity index (χ1v) is 6.67. The van der Waals surface area contributed by atoms with Gasteiger partial charge in [0.15, 0.2) is 0 Å². The molecule has 2 atom stereocenters. The highest BCUT2D eigenvalue weighted by atomic mass is 16.2. The Bertz CT molecular complexity index is 412. The second-order valence-electron chi connectivity index (χ2n) is 5.63. The number of nitrogens with one attached hydrogen (secondary N) is 1. The molecular formula is C14H20N2O. The van der Waals surface area contributed by atoms with Crippen molar-refractivity contribution in [2.24, 2.45) is 11.8 Å². The minimum atomic E-state index is 0.223. The van der Waals surface area contributed by atoms with E-state index in [-0.39, 0.29) is 5.91 Å². The van der Waals surface area contributed by atoms with Gasteiger partial charge in [-0.05, 0) is 44.1 Å². The summed E-state index contributed by atoms with van der Waals surface area (Å²) in [6.45, 7) is 3.91. The molecule has 1 aromatic rings. The van der Waals surface area contributed by atoms with Crippen molar-refractivity contribution in [2.45, 2.75) is 32.6 Å². The minimum absolute atomic E-state index is 0.223. The number of hydrogen-bond acceptors (Lipinski definition) is 1. The molecule has 2 fully saturated rings. The molecule has 1 aliphatic heterocycles. The molecule has 1 amide bonds. The Balaban J connectivity index is 1.76. The zero-order valence-electron chi connectivity index (χ0n) is 10.4. The molecule has 0 radical (unpaired) electrons. The fraction of sp³-hybridized carbons (Fsp3) is 0.643. The van der Waals surface area contributed by atoms with Crippen molar-refractivity contribution in [1.29, 1.82) is 0 Å². The molecule has 92 valence electrons. The van der Waals surface area contributed by atoms with Gasteiger partial charge >= 0.3 is 0 Å². The van der Waals surface area contributed by atoms with Gasteiger partial charge in [-0.25, -0.2) is 0 Å². The summed E-state index contributed by atoms with van der Waals surface area (Å²) in [4.78, 5) is 17.6. The Kier molecular flexibility index (Phi) is 2.69. The van der Waals surface area contributed by atoms with Gasteiger partial charge in [-0.3, -0.25) is 4.79 Å². The number of amides is 1. The quantitative estimate of drug-likeness (QED) is 0.793. The number of piperidine rings is 1. The largest absolute Gasteiger partial charge is 0.365 e. The van der Waals surface area contributed by atoms with Crippen molar-refractivity contribution in [1.82, 2.24) is 9.88 Å². The zero-order valence-corrected chi connectivity index (χ0v) is 10.4. The van der Waals surface area contributed by atoms with Crippen molar-refractivity contribution >= 4 is 5.91 Å². The summed E-state index contributed by atoms with van der Waals surface area (Å²) in [5.74, 6) is 1.73. The van der Waals surface area contributed by atoms with E-state index in [1.165, 1.54) is 25.7 Å². The zero-order chi connectivity index (χ0) is 11.8. The number of aryl methyl sites for hydroxylation is 1. The van der Waals surface area contributed by atoms with Gasteiger partial charge in [-0.15, -0.1) is 0 Å². The Morgan fingerprint density at radius 2 is 2.06 bits per heavy atom. The van der Waals surface area contributed by atoms with Gasteiger partial charge in [-0.1, -0.05) is 6.42 Å². The second-order valence-corrected chi connectivity index (χ2v) is 5.63. The molecule has 2 bridgehead atoms. The number of H-pyrrole nitrogens is 1. The van der Waals surface area contributed by atoms with Crippen LogP contribution in [0, 0.1) is 18.8 Å². The lowest BCUT2D eigenvalue weighted by Crippen LogP contribution is -2.45. The summed E-state index contributed by atoms with van der Waals surface area (Å²) in [7, 11) is 0. The molecule has 3 nitrogen and oxygen atoms in total. The standard InChI is InChI=1S/C14H20N2O/c1-10-13(5-6-15-10)14(17)16-8-11-3-2-4-12(7-11)9-16/h5-6,11-12,15H,2-4,7-9H2,1H3. The molecule has 0 aromatic carbocycles. The number of aromatic amines is 1. The van der Waals surface area contributed by atoms with Crippen LogP contribution in [0.25, 0.3) is 0 Å². The van der Waals surface area contributed by atoms with E-state index in [0.717, 1.165) is 36.2 Å². The number of nitrogens with zero attached hydrogens (tertiary/aromatic N) is 1. The maximum Gasteiger partial charge on any atom is 0.255 e. The summed E-state index contributed by atoms with van der Waals surface area (Å²) in [5, 5.41) is 0. The average Bonchev–Trinajstić information content (AvgIpc) is 2.74. The Morgan fingerprint density at radius 1 is 1.35 bits per heavy atom. The lowest BCUT2D eigenvalue weighted by Gasteiger charge is -2.41. The third-order valence-electron chi connectivity index (χ3n) is 4.32. The fourth-order valence-corrected chi connectivity index (χ4v) is 3.45. The lowest BCUT2D eigenvalue weighted by molar-refractivity contribution is 0.0504. The van der Waals surface area contributed by atoms with E-state index in [0.29, 0.717) is 0 Å². The van der Waals surface area contributed by atoms with Crippen LogP contribution in [0.2, 0.25) is 0 Å². The van der Waals surface area contributed by atoms with Gasteiger partial charge in [0, 0.05) is 25.0 Å². The maximum absolute atomic E-state index is 12.4. The molecule has 3 heteroatoms. The predicted octanol–water partition coefficient (Wildman–Crippen LogP) is 2.59. The van der Waals surface area contributed by atoms with Crippen LogP contribution < -0.4 is 0 Å².